The Balaban J connectivity index is 1.68. The summed E-state index contributed by atoms with van der Waals surface area (Å²) in [5.74, 6) is 0. The van der Waals surface area contributed by atoms with Gasteiger partial charge in [0.15, 0.2) is 0 Å². The van der Waals surface area contributed by atoms with Gasteiger partial charge in [-0.25, -0.2) is 0 Å². The van der Waals surface area contributed by atoms with Crippen molar-refractivity contribution < 1.29 is 4.74 Å². The van der Waals surface area contributed by atoms with Gasteiger partial charge in [-0.2, -0.15) is 0 Å². The van der Waals surface area contributed by atoms with Gasteiger partial charge in [0.1, 0.15) is 0 Å². The highest BCUT2D eigenvalue weighted by molar-refractivity contribution is 5.14. The first-order valence-electron chi connectivity index (χ1n) is 6.25. The summed E-state index contributed by atoms with van der Waals surface area (Å²) in [6.45, 7) is 0.856. The fourth-order valence-electron chi connectivity index (χ4n) is 2.10. The first-order valence-corrected chi connectivity index (χ1v) is 6.25. The molecule has 86 valence electrons. The van der Waals surface area contributed by atoms with Crippen LogP contribution in [0.2, 0.25) is 0 Å². The summed E-state index contributed by atoms with van der Waals surface area (Å²) >= 11 is 0. The standard InChI is InChI=1S/C15H20O/c1-2-7-11-15(10-6-1)16-13-12-14-8-4-3-5-9-14/h1-5,8-9,15H,6-7,10-13H2. The quantitative estimate of drug-likeness (QED) is 0.697. The molecule has 0 spiro atoms. The largest absolute Gasteiger partial charge is 0.378 e. The molecule has 0 heterocycles. The van der Waals surface area contributed by atoms with Crippen LogP contribution in [0, 0.1) is 0 Å². The Morgan fingerprint density at radius 3 is 2.38 bits per heavy atom. The van der Waals surface area contributed by atoms with Gasteiger partial charge >= 0.3 is 0 Å². The van der Waals surface area contributed by atoms with Crippen LogP contribution >= 0.6 is 0 Å². The molecule has 0 saturated heterocycles. The molecule has 0 bridgehead atoms. The van der Waals surface area contributed by atoms with Gasteiger partial charge in [0.2, 0.25) is 0 Å². The summed E-state index contributed by atoms with van der Waals surface area (Å²) in [7, 11) is 0. The van der Waals surface area contributed by atoms with Crippen LogP contribution in [0.3, 0.4) is 0 Å². The van der Waals surface area contributed by atoms with Crippen LogP contribution in [0.15, 0.2) is 42.5 Å². The minimum atomic E-state index is 0.471. The van der Waals surface area contributed by atoms with Crippen LogP contribution < -0.4 is 0 Å². The van der Waals surface area contributed by atoms with E-state index in [9.17, 15) is 0 Å². The van der Waals surface area contributed by atoms with Crippen molar-refractivity contribution in [3.8, 4) is 0 Å². The van der Waals surface area contributed by atoms with Crippen molar-refractivity contribution in [1.29, 1.82) is 0 Å². The SMILES string of the molecule is C1=CCCC(OCCc2ccccc2)CC1. The van der Waals surface area contributed by atoms with Crippen molar-refractivity contribution in [1.82, 2.24) is 0 Å². The molecule has 0 saturated carbocycles. The Morgan fingerprint density at radius 1 is 1.00 bits per heavy atom. The summed E-state index contributed by atoms with van der Waals surface area (Å²) < 4.78 is 5.93. The third-order valence-corrected chi connectivity index (χ3v) is 3.06. The maximum atomic E-state index is 5.93. The van der Waals surface area contributed by atoms with Crippen molar-refractivity contribution in [2.75, 3.05) is 6.61 Å². The van der Waals surface area contributed by atoms with Gasteiger partial charge in [0.25, 0.3) is 0 Å². The van der Waals surface area contributed by atoms with Crippen molar-refractivity contribution in [3.63, 3.8) is 0 Å². The van der Waals surface area contributed by atoms with Gasteiger partial charge in [-0.15, -0.1) is 0 Å². The van der Waals surface area contributed by atoms with E-state index in [0.29, 0.717) is 6.10 Å². The second-order valence-electron chi connectivity index (χ2n) is 4.35. The lowest BCUT2D eigenvalue weighted by Crippen LogP contribution is -2.13. The lowest BCUT2D eigenvalue weighted by molar-refractivity contribution is 0.0463. The zero-order chi connectivity index (χ0) is 11.1. The number of ether oxygens (including phenoxy) is 1. The monoisotopic (exact) mass is 216 g/mol. The average molecular weight is 216 g/mol. The van der Waals surface area contributed by atoms with E-state index in [1.54, 1.807) is 0 Å². The summed E-state index contributed by atoms with van der Waals surface area (Å²) in [5, 5.41) is 0. The Morgan fingerprint density at radius 2 is 1.69 bits per heavy atom. The maximum absolute atomic E-state index is 5.93. The third-order valence-electron chi connectivity index (χ3n) is 3.06. The first kappa shape index (κ1) is 11.4. The molecule has 1 aliphatic rings. The van der Waals surface area contributed by atoms with Gasteiger partial charge in [-0.05, 0) is 37.7 Å². The van der Waals surface area contributed by atoms with E-state index >= 15 is 0 Å². The molecule has 0 aromatic heterocycles. The van der Waals surface area contributed by atoms with Gasteiger partial charge in [0, 0.05) is 0 Å². The fraction of sp³-hybridized carbons (Fsp3) is 0.467. The number of hydrogen-bond donors (Lipinski definition) is 0. The second kappa shape index (κ2) is 6.49. The zero-order valence-corrected chi connectivity index (χ0v) is 9.77. The first-order chi connectivity index (χ1) is 7.95. The molecule has 0 unspecified atom stereocenters. The Labute approximate surface area is 98.1 Å². The lowest BCUT2D eigenvalue weighted by atomic mass is 10.1. The van der Waals surface area contributed by atoms with E-state index in [2.05, 4.69) is 42.5 Å². The summed E-state index contributed by atoms with van der Waals surface area (Å²) in [4.78, 5) is 0. The van der Waals surface area contributed by atoms with Crippen LogP contribution in [0.25, 0.3) is 0 Å². The molecule has 0 fully saturated rings. The van der Waals surface area contributed by atoms with E-state index in [-0.39, 0.29) is 0 Å². The van der Waals surface area contributed by atoms with E-state index in [4.69, 9.17) is 4.74 Å². The van der Waals surface area contributed by atoms with E-state index in [1.807, 2.05) is 0 Å². The fourth-order valence-corrected chi connectivity index (χ4v) is 2.10. The minimum Gasteiger partial charge on any atom is -0.378 e. The highest BCUT2D eigenvalue weighted by Crippen LogP contribution is 2.15. The van der Waals surface area contributed by atoms with Gasteiger partial charge < -0.3 is 4.74 Å². The van der Waals surface area contributed by atoms with Crippen LogP contribution in [0.5, 0.6) is 0 Å². The van der Waals surface area contributed by atoms with Crippen LogP contribution in [0.4, 0.5) is 0 Å². The Bertz CT molecular complexity index is 305. The highest BCUT2D eigenvalue weighted by Gasteiger charge is 2.09. The molecular formula is C15H20O. The molecular weight excluding hydrogens is 196 g/mol. The Hall–Kier alpha value is -1.08. The normalized spacial score (nSPS) is 17.2. The minimum absolute atomic E-state index is 0.471. The van der Waals surface area contributed by atoms with E-state index < -0.39 is 0 Å². The van der Waals surface area contributed by atoms with Crippen molar-refractivity contribution in [2.24, 2.45) is 0 Å². The molecule has 1 heteroatoms. The van der Waals surface area contributed by atoms with E-state index in [1.165, 1.54) is 31.2 Å². The topological polar surface area (TPSA) is 9.23 Å². The lowest BCUT2D eigenvalue weighted by Gasteiger charge is -2.15. The summed E-state index contributed by atoms with van der Waals surface area (Å²) in [6.07, 6.45) is 10.8. The highest BCUT2D eigenvalue weighted by atomic mass is 16.5. The molecule has 0 N–H and O–H groups in total. The van der Waals surface area contributed by atoms with E-state index in [0.717, 1.165) is 13.0 Å². The molecule has 0 amide bonds. The average Bonchev–Trinajstić information content (AvgIpc) is 2.59. The predicted molar refractivity (Wildman–Crippen MR) is 67.5 cm³/mol. The third kappa shape index (κ3) is 3.82. The Kier molecular flexibility index (Phi) is 4.63. The van der Waals surface area contributed by atoms with Crippen molar-refractivity contribution >= 4 is 0 Å². The van der Waals surface area contributed by atoms with Gasteiger partial charge in [-0.1, -0.05) is 42.5 Å². The summed E-state index contributed by atoms with van der Waals surface area (Å²) in [5.41, 5.74) is 1.37. The molecule has 1 aliphatic carbocycles. The molecule has 0 aliphatic heterocycles. The van der Waals surface area contributed by atoms with Gasteiger partial charge in [-0.3, -0.25) is 0 Å². The zero-order valence-electron chi connectivity index (χ0n) is 9.77. The smallest absolute Gasteiger partial charge is 0.0581 e. The second-order valence-corrected chi connectivity index (χ2v) is 4.35. The van der Waals surface area contributed by atoms with Crippen molar-refractivity contribution in [2.45, 2.75) is 38.2 Å². The molecule has 2 rings (SSSR count). The molecule has 1 nitrogen and oxygen atoms in total. The molecule has 1 aromatic rings. The number of rotatable bonds is 4. The molecule has 1 aromatic carbocycles. The number of allylic oxidation sites excluding steroid dienone is 2. The van der Waals surface area contributed by atoms with Gasteiger partial charge in [0.05, 0.1) is 12.7 Å². The molecule has 0 atom stereocenters. The van der Waals surface area contributed by atoms with Crippen LogP contribution in [0.1, 0.15) is 31.2 Å². The predicted octanol–water partition coefficient (Wildman–Crippen LogP) is 3.74. The van der Waals surface area contributed by atoms with Crippen molar-refractivity contribution in [3.05, 3.63) is 48.0 Å². The maximum Gasteiger partial charge on any atom is 0.0581 e. The number of hydrogen-bond acceptors (Lipinski definition) is 1. The molecule has 16 heavy (non-hydrogen) atoms. The summed E-state index contributed by atoms with van der Waals surface area (Å²) in [6, 6.07) is 10.6. The van der Waals surface area contributed by atoms with Crippen LogP contribution in [-0.4, -0.2) is 12.7 Å². The number of benzene rings is 1. The van der Waals surface area contributed by atoms with Crippen LogP contribution in [-0.2, 0) is 11.2 Å². The molecule has 0 radical (unpaired) electrons.